The lowest BCUT2D eigenvalue weighted by molar-refractivity contribution is 0.617. The largest absolute Gasteiger partial charge is 0.307 e. The van der Waals surface area contributed by atoms with Crippen molar-refractivity contribution in [3.8, 4) is 6.07 Å². The second-order valence-electron chi connectivity index (χ2n) is 3.23. The van der Waals surface area contributed by atoms with Gasteiger partial charge in [-0.1, -0.05) is 29.8 Å². The van der Waals surface area contributed by atoms with E-state index in [1.165, 1.54) is 5.54 Å². The molecule has 0 radical (unpaired) electrons. The van der Waals surface area contributed by atoms with Gasteiger partial charge >= 0.3 is 0 Å². The predicted molar refractivity (Wildman–Crippen MR) is 62.6 cm³/mol. The van der Waals surface area contributed by atoms with E-state index in [0.717, 1.165) is 12.1 Å². The van der Waals surface area contributed by atoms with Crippen LogP contribution >= 0.6 is 11.6 Å². The third kappa shape index (κ3) is 3.75. The van der Waals surface area contributed by atoms with E-state index in [2.05, 4.69) is 18.3 Å². The number of benzene rings is 1. The Morgan fingerprint density at radius 2 is 2.13 bits per heavy atom. The first-order valence-corrected chi connectivity index (χ1v) is 5.20. The van der Waals surface area contributed by atoms with Gasteiger partial charge in [0, 0.05) is 18.1 Å². The van der Waals surface area contributed by atoms with Crippen molar-refractivity contribution in [2.75, 3.05) is 6.54 Å². The summed E-state index contributed by atoms with van der Waals surface area (Å²) in [5.74, 6) is 0. The lowest BCUT2D eigenvalue weighted by atomic mass is 10.1. The molecule has 0 aliphatic carbocycles. The van der Waals surface area contributed by atoms with E-state index in [9.17, 15) is 0 Å². The van der Waals surface area contributed by atoms with Crippen molar-refractivity contribution in [1.82, 2.24) is 5.32 Å². The molecular weight excluding hydrogens is 208 g/mol. The van der Waals surface area contributed by atoms with Gasteiger partial charge < -0.3 is 5.32 Å². The minimum absolute atomic E-state index is 0.255. The van der Waals surface area contributed by atoms with Crippen LogP contribution in [-0.2, 0) is 0 Å². The number of hydrogen-bond donors (Lipinski definition) is 1. The Balaban J connectivity index is 2.58. The van der Waals surface area contributed by atoms with Crippen LogP contribution in [0.5, 0.6) is 0 Å². The maximum Gasteiger partial charge on any atom is 0.0991 e. The van der Waals surface area contributed by atoms with Crippen LogP contribution in [0.1, 0.15) is 24.1 Å². The second-order valence-corrected chi connectivity index (χ2v) is 3.48. The number of rotatable bonds is 4. The average molecular weight is 221 g/mol. The zero-order valence-corrected chi connectivity index (χ0v) is 9.33. The van der Waals surface area contributed by atoms with Crippen molar-refractivity contribution in [3.63, 3.8) is 0 Å². The molecule has 1 atom stereocenters. The molecule has 78 valence electrons. The number of halogens is 1. The molecule has 0 aliphatic rings. The smallest absolute Gasteiger partial charge is 0.0991 e. The maximum absolute atomic E-state index is 8.65. The van der Waals surface area contributed by atoms with E-state index in [1.54, 1.807) is 0 Å². The molecule has 3 heteroatoms. The number of nitrogens with one attached hydrogen (secondary N) is 1. The summed E-state index contributed by atoms with van der Waals surface area (Å²) < 4.78 is 0. The van der Waals surface area contributed by atoms with E-state index in [0.29, 0.717) is 5.56 Å². The summed E-state index contributed by atoms with van der Waals surface area (Å²) in [7, 11) is 0. The van der Waals surface area contributed by atoms with Crippen molar-refractivity contribution >= 4 is 11.6 Å². The summed E-state index contributed by atoms with van der Waals surface area (Å²) in [6.07, 6.45) is 1.85. The van der Waals surface area contributed by atoms with Crippen LogP contribution in [0.3, 0.4) is 0 Å². The first kappa shape index (κ1) is 11.8. The Kier molecular flexibility index (Phi) is 4.89. The fourth-order valence-electron chi connectivity index (χ4n) is 1.25. The minimum Gasteiger partial charge on any atom is -0.307 e. The summed E-state index contributed by atoms with van der Waals surface area (Å²) in [6, 6.07) is 9.92. The molecular formula is C12H13ClN2. The van der Waals surface area contributed by atoms with Gasteiger partial charge in [0.1, 0.15) is 0 Å². The summed E-state index contributed by atoms with van der Waals surface area (Å²) in [4.78, 5) is 0. The predicted octanol–water partition coefficient (Wildman–Crippen LogP) is 2.96. The van der Waals surface area contributed by atoms with E-state index in [4.69, 9.17) is 16.9 Å². The SMILES string of the molecule is CC(NC/C=C/Cl)c1ccc(C#N)cc1. The van der Waals surface area contributed by atoms with Crippen LogP contribution in [0, 0.1) is 11.3 Å². The molecule has 15 heavy (non-hydrogen) atoms. The van der Waals surface area contributed by atoms with Crippen molar-refractivity contribution in [3.05, 3.63) is 47.0 Å². The quantitative estimate of drug-likeness (QED) is 0.847. The number of hydrogen-bond acceptors (Lipinski definition) is 2. The summed E-state index contributed by atoms with van der Waals surface area (Å²) in [6.45, 7) is 2.81. The van der Waals surface area contributed by atoms with Gasteiger partial charge in [-0.3, -0.25) is 0 Å². The van der Waals surface area contributed by atoms with Crippen LogP contribution in [0.15, 0.2) is 35.9 Å². The Labute approximate surface area is 95.2 Å². The van der Waals surface area contributed by atoms with E-state index < -0.39 is 0 Å². The summed E-state index contributed by atoms with van der Waals surface area (Å²) >= 11 is 5.41. The molecule has 1 rings (SSSR count). The van der Waals surface area contributed by atoms with Crippen molar-refractivity contribution in [2.45, 2.75) is 13.0 Å². The molecule has 0 heterocycles. The zero-order valence-electron chi connectivity index (χ0n) is 8.57. The monoisotopic (exact) mass is 220 g/mol. The molecule has 0 amide bonds. The number of nitrogens with zero attached hydrogens (tertiary/aromatic N) is 1. The molecule has 0 saturated carbocycles. The van der Waals surface area contributed by atoms with Gasteiger partial charge in [-0.2, -0.15) is 5.26 Å². The molecule has 0 spiro atoms. The topological polar surface area (TPSA) is 35.8 Å². The first-order valence-electron chi connectivity index (χ1n) is 4.76. The molecule has 0 bridgehead atoms. The molecule has 1 unspecified atom stereocenters. The molecule has 1 N–H and O–H groups in total. The molecule has 1 aromatic rings. The highest BCUT2D eigenvalue weighted by Crippen LogP contribution is 2.12. The van der Waals surface area contributed by atoms with Gasteiger partial charge in [-0.15, -0.1) is 0 Å². The van der Waals surface area contributed by atoms with Gasteiger partial charge in [0.05, 0.1) is 11.6 Å². The zero-order chi connectivity index (χ0) is 11.1. The lowest BCUT2D eigenvalue weighted by Crippen LogP contribution is -2.18. The van der Waals surface area contributed by atoms with E-state index in [-0.39, 0.29) is 6.04 Å². The van der Waals surface area contributed by atoms with E-state index in [1.807, 2.05) is 30.3 Å². The van der Waals surface area contributed by atoms with E-state index >= 15 is 0 Å². The van der Waals surface area contributed by atoms with Gasteiger partial charge in [0.25, 0.3) is 0 Å². The van der Waals surface area contributed by atoms with Crippen LogP contribution in [-0.4, -0.2) is 6.54 Å². The lowest BCUT2D eigenvalue weighted by Gasteiger charge is -2.12. The van der Waals surface area contributed by atoms with Gasteiger partial charge in [0.2, 0.25) is 0 Å². The van der Waals surface area contributed by atoms with Gasteiger partial charge in [-0.05, 0) is 24.6 Å². The standard InChI is InChI=1S/C12H13ClN2/c1-10(15-8-2-7-13)12-5-3-11(9-14)4-6-12/h2-7,10,15H,8H2,1H3/b7-2+. The molecule has 0 aromatic heterocycles. The average Bonchev–Trinajstić information content (AvgIpc) is 2.29. The molecule has 0 aliphatic heterocycles. The normalized spacial score (nSPS) is 12.6. The van der Waals surface area contributed by atoms with Crippen molar-refractivity contribution < 1.29 is 0 Å². The number of nitriles is 1. The second kappa shape index (κ2) is 6.23. The van der Waals surface area contributed by atoms with Crippen LogP contribution in [0.2, 0.25) is 0 Å². The molecule has 1 aromatic carbocycles. The van der Waals surface area contributed by atoms with Crippen LogP contribution in [0.25, 0.3) is 0 Å². The van der Waals surface area contributed by atoms with Crippen molar-refractivity contribution in [2.24, 2.45) is 0 Å². The van der Waals surface area contributed by atoms with Crippen LogP contribution < -0.4 is 5.32 Å². The molecule has 0 saturated heterocycles. The fourth-order valence-corrected chi connectivity index (χ4v) is 1.34. The Morgan fingerprint density at radius 3 is 2.67 bits per heavy atom. The third-order valence-corrected chi connectivity index (χ3v) is 2.35. The Morgan fingerprint density at radius 1 is 1.47 bits per heavy atom. The van der Waals surface area contributed by atoms with Gasteiger partial charge in [-0.25, -0.2) is 0 Å². The van der Waals surface area contributed by atoms with Crippen LogP contribution in [0.4, 0.5) is 0 Å². The fraction of sp³-hybridized carbons (Fsp3) is 0.250. The third-order valence-electron chi connectivity index (χ3n) is 2.17. The van der Waals surface area contributed by atoms with Gasteiger partial charge in [0.15, 0.2) is 0 Å². The molecule has 2 nitrogen and oxygen atoms in total. The summed E-state index contributed by atoms with van der Waals surface area (Å²) in [5.41, 5.74) is 3.35. The highest BCUT2D eigenvalue weighted by molar-refractivity contribution is 6.25. The minimum atomic E-state index is 0.255. The Hall–Kier alpha value is -1.30. The highest BCUT2D eigenvalue weighted by atomic mass is 35.5. The van der Waals surface area contributed by atoms with Crippen molar-refractivity contribution in [1.29, 1.82) is 5.26 Å². The summed E-state index contributed by atoms with van der Waals surface area (Å²) in [5, 5.41) is 11.9. The molecule has 0 fully saturated rings. The highest BCUT2D eigenvalue weighted by Gasteiger charge is 2.02. The first-order chi connectivity index (χ1) is 7.27. The maximum atomic E-state index is 8.65. The Bertz CT molecular complexity index is 362.